The van der Waals surface area contributed by atoms with Gasteiger partial charge < -0.3 is 0 Å². The maximum atomic E-state index is 3.02. The van der Waals surface area contributed by atoms with Crippen LogP contribution in [-0.2, 0) is 10.8 Å². The van der Waals surface area contributed by atoms with E-state index in [1.807, 2.05) is 0 Å². The molecule has 0 aliphatic carbocycles. The molecular formula is C21H29P. The van der Waals surface area contributed by atoms with Crippen LogP contribution in [0.15, 0.2) is 36.4 Å². The van der Waals surface area contributed by atoms with Crippen molar-refractivity contribution in [2.24, 2.45) is 0 Å². The van der Waals surface area contributed by atoms with E-state index in [1.54, 1.807) is 0 Å². The van der Waals surface area contributed by atoms with E-state index in [1.165, 1.54) is 33.1 Å². The van der Waals surface area contributed by atoms with Gasteiger partial charge in [-0.1, -0.05) is 77.9 Å². The topological polar surface area (TPSA) is 0 Å². The molecule has 0 aliphatic rings. The lowest BCUT2D eigenvalue weighted by Gasteiger charge is -2.33. The van der Waals surface area contributed by atoms with Gasteiger partial charge in [-0.25, -0.2) is 0 Å². The molecule has 0 saturated heterocycles. The van der Waals surface area contributed by atoms with E-state index in [0.29, 0.717) is 0 Å². The molecule has 1 atom stereocenters. The Morgan fingerprint density at radius 1 is 0.727 bits per heavy atom. The Labute approximate surface area is 138 Å². The molecule has 118 valence electrons. The summed E-state index contributed by atoms with van der Waals surface area (Å²) >= 11 is 0. The van der Waals surface area contributed by atoms with Gasteiger partial charge in [-0.15, -0.1) is 9.24 Å². The second-order valence-corrected chi connectivity index (χ2v) is 8.84. The molecule has 0 saturated carbocycles. The minimum Gasteiger partial charge on any atom is -0.105 e. The van der Waals surface area contributed by atoms with Gasteiger partial charge in [-0.2, -0.15) is 0 Å². The van der Waals surface area contributed by atoms with Gasteiger partial charge in [0.1, 0.15) is 0 Å². The van der Waals surface area contributed by atoms with Gasteiger partial charge in [-0.05, 0) is 50.9 Å². The van der Waals surface area contributed by atoms with E-state index in [-0.39, 0.29) is 10.8 Å². The van der Waals surface area contributed by atoms with Crippen LogP contribution in [0, 0.1) is 6.92 Å². The largest absolute Gasteiger partial charge is 0.105 e. The third-order valence-corrected chi connectivity index (χ3v) is 4.84. The maximum Gasteiger partial charge on any atom is -0.0106 e. The van der Waals surface area contributed by atoms with Gasteiger partial charge in [0, 0.05) is 0 Å². The number of rotatable bonds is 1. The van der Waals surface area contributed by atoms with E-state index >= 15 is 0 Å². The van der Waals surface area contributed by atoms with E-state index in [0.717, 1.165) is 0 Å². The molecule has 0 aliphatic heterocycles. The highest BCUT2D eigenvalue weighted by Crippen LogP contribution is 2.37. The summed E-state index contributed by atoms with van der Waals surface area (Å²) in [6.07, 6.45) is 0. The third-order valence-electron chi connectivity index (χ3n) is 4.24. The summed E-state index contributed by atoms with van der Waals surface area (Å²) in [7, 11) is 3.02. The lowest BCUT2D eigenvalue weighted by molar-refractivity contribution is 0.533. The maximum absolute atomic E-state index is 3.02. The second-order valence-electron chi connectivity index (χ2n) is 8.26. The van der Waals surface area contributed by atoms with Crippen LogP contribution in [0.4, 0.5) is 0 Å². The van der Waals surface area contributed by atoms with E-state index in [2.05, 4.69) is 94.1 Å². The van der Waals surface area contributed by atoms with Gasteiger partial charge in [0.05, 0.1) is 0 Å². The SMILES string of the molecule is Cc1ccccc1-c1ccc(C(C)(C)C)c(C(C)(C)C)c1P. The van der Waals surface area contributed by atoms with Crippen molar-refractivity contribution >= 4 is 14.5 Å². The molecule has 0 bridgehead atoms. The summed E-state index contributed by atoms with van der Waals surface area (Å²) in [5.41, 5.74) is 7.18. The zero-order valence-electron chi connectivity index (χ0n) is 15.0. The molecular weight excluding hydrogens is 283 g/mol. The first-order chi connectivity index (χ1) is 10.0. The highest BCUT2D eigenvalue weighted by Gasteiger charge is 2.28. The molecule has 0 aromatic heterocycles. The van der Waals surface area contributed by atoms with Crippen molar-refractivity contribution in [1.29, 1.82) is 0 Å². The number of hydrogen-bond donors (Lipinski definition) is 0. The van der Waals surface area contributed by atoms with Gasteiger partial charge in [0.15, 0.2) is 0 Å². The minimum atomic E-state index is 0.123. The van der Waals surface area contributed by atoms with Crippen LogP contribution in [0.1, 0.15) is 58.2 Å². The first kappa shape index (κ1) is 17.2. The Bertz CT molecular complexity index is 682. The van der Waals surface area contributed by atoms with Crippen molar-refractivity contribution in [2.45, 2.75) is 59.3 Å². The Kier molecular flexibility index (Phi) is 4.56. The highest BCUT2D eigenvalue weighted by atomic mass is 31.0. The Hall–Kier alpha value is -1.13. The predicted molar refractivity (Wildman–Crippen MR) is 103 cm³/mol. The van der Waals surface area contributed by atoms with Crippen LogP contribution in [-0.4, -0.2) is 0 Å². The number of hydrogen-bond acceptors (Lipinski definition) is 0. The molecule has 1 unspecified atom stereocenters. The molecule has 0 N–H and O–H groups in total. The Morgan fingerprint density at radius 3 is 1.82 bits per heavy atom. The van der Waals surface area contributed by atoms with Crippen LogP contribution in [0.25, 0.3) is 11.1 Å². The first-order valence-corrected chi connectivity index (χ1v) is 8.60. The van der Waals surface area contributed by atoms with Gasteiger partial charge in [-0.3, -0.25) is 0 Å². The second kappa shape index (κ2) is 5.82. The molecule has 0 fully saturated rings. The monoisotopic (exact) mass is 312 g/mol. The molecule has 0 spiro atoms. The van der Waals surface area contributed by atoms with Crippen LogP contribution >= 0.6 is 9.24 Å². The van der Waals surface area contributed by atoms with Crippen molar-refractivity contribution in [2.75, 3.05) is 0 Å². The number of aryl methyl sites for hydroxylation is 1. The van der Waals surface area contributed by atoms with Crippen molar-refractivity contribution in [1.82, 2.24) is 0 Å². The van der Waals surface area contributed by atoms with Crippen LogP contribution < -0.4 is 5.30 Å². The zero-order valence-corrected chi connectivity index (χ0v) is 16.2. The lowest BCUT2D eigenvalue weighted by atomic mass is 9.74. The quantitative estimate of drug-likeness (QED) is 0.587. The van der Waals surface area contributed by atoms with Gasteiger partial charge in [0.25, 0.3) is 0 Å². The molecule has 2 rings (SSSR count). The molecule has 1 heteroatoms. The van der Waals surface area contributed by atoms with Crippen molar-refractivity contribution in [3.05, 3.63) is 53.1 Å². The minimum absolute atomic E-state index is 0.123. The summed E-state index contributed by atoms with van der Waals surface area (Å²) < 4.78 is 0. The average molecular weight is 312 g/mol. The number of benzene rings is 2. The zero-order chi connectivity index (χ0) is 16.7. The Balaban J connectivity index is 2.80. The first-order valence-electron chi connectivity index (χ1n) is 8.03. The summed E-state index contributed by atoms with van der Waals surface area (Å²) in [5.74, 6) is 0. The van der Waals surface area contributed by atoms with E-state index in [4.69, 9.17) is 0 Å². The molecule has 2 aromatic rings. The summed E-state index contributed by atoms with van der Waals surface area (Å²) in [5, 5.41) is 1.34. The molecule has 2 aromatic carbocycles. The van der Waals surface area contributed by atoms with E-state index in [9.17, 15) is 0 Å². The van der Waals surface area contributed by atoms with Crippen molar-refractivity contribution < 1.29 is 0 Å². The fourth-order valence-electron chi connectivity index (χ4n) is 3.16. The van der Waals surface area contributed by atoms with Crippen molar-refractivity contribution in [3.63, 3.8) is 0 Å². The Morgan fingerprint density at radius 2 is 1.32 bits per heavy atom. The van der Waals surface area contributed by atoms with Crippen LogP contribution in [0.5, 0.6) is 0 Å². The molecule has 0 heterocycles. The summed E-state index contributed by atoms with van der Waals surface area (Å²) in [6.45, 7) is 16.0. The fourth-order valence-corrected chi connectivity index (χ4v) is 4.00. The normalized spacial score (nSPS) is 12.5. The standard InChI is InChI=1S/C21H29P/c1-14-10-8-9-11-15(14)16-12-13-17(20(2,3)4)18(19(16)22)21(5,6)7/h8-13H,22H2,1-7H3. The fraction of sp³-hybridized carbons (Fsp3) is 0.429. The molecule has 0 radical (unpaired) electrons. The van der Waals surface area contributed by atoms with Gasteiger partial charge >= 0.3 is 0 Å². The van der Waals surface area contributed by atoms with Crippen LogP contribution in [0.3, 0.4) is 0 Å². The summed E-state index contributed by atoms with van der Waals surface area (Å²) in [6, 6.07) is 13.3. The third kappa shape index (κ3) is 3.28. The average Bonchev–Trinajstić information content (AvgIpc) is 2.37. The highest BCUT2D eigenvalue weighted by molar-refractivity contribution is 7.28. The van der Waals surface area contributed by atoms with Crippen molar-refractivity contribution in [3.8, 4) is 11.1 Å². The lowest BCUT2D eigenvalue weighted by Crippen LogP contribution is -2.28. The smallest absolute Gasteiger partial charge is 0.0106 e. The van der Waals surface area contributed by atoms with E-state index < -0.39 is 0 Å². The van der Waals surface area contributed by atoms with Crippen LogP contribution in [0.2, 0.25) is 0 Å². The molecule has 22 heavy (non-hydrogen) atoms. The molecule has 0 nitrogen and oxygen atoms in total. The summed E-state index contributed by atoms with van der Waals surface area (Å²) in [4.78, 5) is 0. The predicted octanol–water partition coefficient (Wildman–Crippen LogP) is 5.76. The molecule has 0 amide bonds. The van der Waals surface area contributed by atoms with Gasteiger partial charge in [0.2, 0.25) is 0 Å².